The van der Waals surface area contributed by atoms with E-state index >= 15 is 0 Å². The molecule has 2 heterocycles. The first kappa shape index (κ1) is 22.1. The number of hydrogen-bond acceptors (Lipinski definition) is 5. The molecule has 0 unspecified atom stereocenters. The van der Waals surface area contributed by atoms with Crippen molar-refractivity contribution in [2.45, 2.75) is 33.3 Å². The molecule has 0 aliphatic carbocycles. The van der Waals surface area contributed by atoms with Gasteiger partial charge in [-0.25, -0.2) is 4.90 Å². The third kappa shape index (κ3) is 4.28. The van der Waals surface area contributed by atoms with Crippen molar-refractivity contribution in [2.75, 3.05) is 38.1 Å². The van der Waals surface area contributed by atoms with Crippen LogP contribution in [0.25, 0.3) is 5.57 Å². The quantitative estimate of drug-likeness (QED) is 0.652. The first-order valence-corrected chi connectivity index (χ1v) is 11.3. The maximum atomic E-state index is 13.6. The summed E-state index contributed by atoms with van der Waals surface area (Å²) in [6.07, 6.45) is 0.973. The molecular weight excluding hydrogens is 402 g/mol. The highest BCUT2D eigenvalue weighted by atomic mass is 16.5. The van der Waals surface area contributed by atoms with Crippen LogP contribution in [0.4, 0.5) is 5.69 Å². The fourth-order valence-electron chi connectivity index (χ4n) is 4.19. The van der Waals surface area contributed by atoms with E-state index in [1.54, 1.807) is 0 Å². The van der Waals surface area contributed by atoms with Crippen LogP contribution >= 0.6 is 0 Å². The SMILES string of the molecule is CCc1ccc(N2C(=O)C(c3ccc(OC(C)C)cc3)=C(N3CCN(C)CC3)C2=O)cc1. The highest BCUT2D eigenvalue weighted by Gasteiger charge is 2.42. The van der Waals surface area contributed by atoms with Gasteiger partial charge in [0.1, 0.15) is 11.4 Å². The molecule has 0 atom stereocenters. The van der Waals surface area contributed by atoms with Crippen molar-refractivity contribution in [1.29, 1.82) is 0 Å². The summed E-state index contributed by atoms with van der Waals surface area (Å²) < 4.78 is 5.75. The van der Waals surface area contributed by atoms with Gasteiger partial charge in [-0.1, -0.05) is 31.2 Å². The van der Waals surface area contributed by atoms with Gasteiger partial charge in [0, 0.05) is 26.2 Å². The highest BCUT2D eigenvalue weighted by molar-refractivity contribution is 6.45. The number of imide groups is 1. The molecule has 2 aliphatic rings. The summed E-state index contributed by atoms with van der Waals surface area (Å²) >= 11 is 0. The predicted octanol–water partition coefficient (Wildman–Crippen LogP) is 3.57. The largest absolute Gasteiger partial charge is 0.491 e. The van der Waals surface area contributed by atoms with Crippen molar-refractivity contribution in [1.82, 2.24) is 9.80 Å². The van der Waals surface area contributed by atoms with E-state index in [0.29, 0.717) is 30.0 Å². The van der Waals surface area contributed by atoms with Gasteiger partial charge in [-0.2, -0.15) is 0 Å². The molecule has 1 fully saturated rings. The number of nitrogens with zero attached hydrogens (tertiary/aromatic N) is 3. The van der Waals surface area contributed by atoms with Crippen molar-refractivity contribution in [3.63, 3.8) is 0 Å². The zero-order valence-electron chi connectivity index (χ0n) is 19.3. The lowest BCUT2D eigenvalue weighted by Gasteiger charge is -2.34. The number of ether oxygens (including phenoxy) is 1. The van der Waals surface area contributed by atoms with Crippen LogP contribution in [-0.2, 0) is 16.0 Å². The maximum absolute atomic E-state index is 13.6. The van der Waals surface area contributed by atoms with Gasteiger partial charge in [-0.05, 0) is 62.7 Å². The van der Waals surface area contributed by atoms with Crippen LogP contribution in [0, 0.1) is 0 Å². The molecule has 4 rings (SSSR count). The second kappa shape index (κ2) is 9.17. The highest BCUT2D eigenvalue weighted by Crippen LogP contribution is 2.35. The third-order valence-corrected chi connectivity index (χ3v) is 6.00. The third-order valence-electron chi connectivity index (χ3n) is 6.00. The summed E-state index contributed by atoms with van der Waals surface area (Å²) in [7, 11) is 2.07. The monoisotopic (exact) mass is 433 g/mol. The zero-order valence-corrected chi connectivity index (χ0v) is 19.3. The Morgan fingerprint density at radius 3 is 2.06 bits per heavy atom. The van der Waals surface area contributed by atoms with Crippen LogP contribution in [0.5, 0.6) is 5.75 Å². The molecule has 168 valence electrons. The number of hydrogen-bond donors (Lipinski definition) is 0. The van der Waals surface area contributed by atoms with Gasteiger partial charge in [0.15, 0.2) is 0 Å². The van der Waals surface area contributed by atoms with Crippen molar-refractivity contribution in [2.24, 2.45) is 0 Å². The summed E-state index contributed by atoms with van der Waals surface area (Å²) in [5.41, 5.74) is 3.48. The van der Waals surface area contributed by atoms with Crippen LogP contribution in [0.15, 0.2) is 54.2 Å². The lowest BCUT2D eigenvalue weighted by atomic mass is 10.0. The molecule has 6 heteroatoms. The van der Waals surface area contributed by atoms with Crippen LogP contribution in [-0.4, -0.2) is 60.9 Å². The van der Waals surface area contributed by atoms with E-state index in [-0.39, 0.29) is 17.9 Å². The van der Waals surface area contributed by atoms with E-state index in [2.05, 4.69) is 23.8 Å². The molecule has 0 radical (unpaired) electrons. The maximum Gasteiger partial charge on any atom is 0.282 e. The Balaban J connectivity index is 1.74. The molecule has 0 aromatic heterocycles. The number of aryl methyl sites for hydroxylation is 1. The predicted molar refractivity (Wildman–Crippen MR) is 127 cm³/mol. The van der Waals surface area contributed by atoms with E-state index in [1.807, 2.05) is 62.4 Å². The molecule has 6 nitrogen and oxygen atoms in total. The average Bonchev–Trinajstić information content (AvgIpc) is 3.04. The smallest absolute Gasteiger partial charge is 0.282 e. The lowest BCUT2D eigenvalue weighted by molar-refractivity contribution is -0.120. The van der Waals surface area contributed by atoms with Crippen molar-refractivity contribution < 1.29 is 14.3 Å². The van der Waals surface area contributed by atoms with Gasteiger partial charge < -0.3 is 14.5 Å². The Labute approximate surface area is 190 Å². The molecule has 0 spiro atoms. The van der Waals surface area contributed by atoms with Gasteiger partial charge in [0.25, 0.3) is 11.8 Å². The number of piperazine rings is 1. The van der Waals surface area contributed by atoms with E-state index in [1.165, 1.54) is 10.5 Å². The minimum atomic E-state index is -0.272. The number of amides is 2. The number of benzene rings is 2. The molecule has 1 saturated heterocycles. The molecule has 0 bridgehead atoms. The van der Waals surface area contributed by atoms with Crippen molar-refractivity contribution in [3.05, 3.63) is 65.4 Å². The summed E-state index contributed by atoms with van der Waals surface area (Å²) in [6.45, 7) is 9.16. The fourth-order valence-corrected chi connectivity index (χ4v) is 4.19. The molecule has 2 aliphatic heterocycles. The van der Waals surface area contributed by atoms with E-state index in [0.717, 1.165) is 30.8 Å². The molecular formula is C26H31N3O3. The van der Waals surface area contributed by atoms with Gasteiger partial charge in [-0.3, -0.25) is 9.59 Å². The molecule has 2 aromatic rings. The molecule has 0 saturated carbocycles. The minimum absolute atomic E-state index is 0.0669. The molecule has 0 N–H and O–H groups in total. The van der Waals surface area contributed by atoms with Crippen LogP contribution in [0.2, 0.25) is 0 Å². The Morgan fingerprint density at radius 1 is 0.875 bits per heavy atom. The van der Waals surface area contributed by atoms with Crippen LogP contribution < -0.4 is 9.64 Å². The summed E-state index contributed by atoms with van der Waals surface area (Å²) in [4.78, 5) is 32.9. The van der Waals surface area contributed by atoms with Crippen LogP contribution in [0.1, 0.15) is 31.9 Å². The standard InChI is InChI=1S/C26H31N3O3/c1-5-19-6-10-21(11-7-19)29-25(30)23(20-8-12-22(13-9-20)32-18(2)3)24(26(29)31)28-16-14-27(4)15-17-28/h6-13,18H,5,14-17H2,1-4H3. The number of likely N-dealkylation sites (N-methyl/N-ethyl adjacent to an activating group) is 1. The summed E-state index contributed by atoms with van der Waals surface area (Å²) in [5, 5.41) is 0. The molecule has 2 amide bonds. The van der Waals surface area contributed by atoms with E-state index in [9.17, 15) is 9.59 Å². The molecule has 2 aromatic carbocycles. The van der Waals surface area contributed by atoms with Gasteiger partial charge in [-0.15, -0.1) is 0 Å². The topological polar surface area (TPSA) is 53.1 Å². The van der Waals surface area contributed by atoms with Gasteiger partial charge in [0.05, 0.1) is 17.4 Å². The van der Waals surface area contributed by atoms with Crippen molar-refractivity contribution >= 4 is 23.1 Å². The Hall–Kier alpha value is -3.12. The normalized spacial score (nSPS) is 17.7. The van der Waals surface area contributed by atoms with Gasteiger partial charge in [0.2, 0.25) is 0 Å². The van der Waals surface area contributed by atoms with Crippen molar-refractivity contribution in [3.8, 4) is 5.75 Å². The fraction of sp³-hybridized carbons (Fsp3) is 0.385. The Morgan fingerprint density at radius 2 is 1.50 bits per heavy atom. The zero-order chi connectivity index (χ0) is 22.8. The number of anilines is 1. The molecule has 32 heavy (non-hydrogen) atoms. The summed E-state index contributed by atoms with van der Waals surface area (Å²) in [5.74, 6) is 0.223. The second-order valence-corrected chi connectivity index (χ2v) is 8.67. The number of carbonyl (C=O) groups excluding carboxylic acids is 2. The van der Waals surface area contributed by atoms with E-state index in [4.69, 9.17) is 4.74 Å². The number of carbonyl (C=O) groups is 2. The first-order valence-electron chi connectivity index (χ1n) is 11.3. The van der Waals surface area contributed by atoms with Gasteiger partial charge >= 0.3 is 0 Å². The second-order valence-electron chi connectivity index (χ2n) is 8.67. The first-order chi connectivity index (χ1) is 15.4. The minimum Gasteiger partial charge on any atom is -0.491 e. The summed E-state index contributed by atoms with van der Waals surface area (Å²) in [6, 6.07) is 15.1. The Kier molecular flexibility index (Phi) is 6.33. The number of rotatable bonds is 6. The Bertz CT molecular complexity index is 1020. The average molecular weight is 434 g/mol. The van der Waals surface area contributed by atoms with E-state index < -0.39 is 0 Å². The van der Waals surface area contributed by atoms with Crippen LogP contribution in [0.3, 0.4) is 0 Å². The lowest BCUT2D eigenvalue weighted by Crippen LogP contribution is -2.46.